The van der Waals surface area contributed by atoms with Crippen LogP contribution < -0.4 is 0 Å². The molecule has 1 fully saturated rings. The van der Waals surface area contributed by atoms with E-state index >= 15 is 0 Å². The van der Waals surface area contributed by atoms with Gasteiger partial charge in [0.2, 0.25) is 0 Å². The molecular weight excluding hydrogens is 152 g/mol. The summed E-state index contributed by atoms with van der Waals surface area (Å²) in [4.78, 5) is 0. The Balaban J connectivity index is 2.05. The van der Waals surface area contributed by atoms with Crippen molar-refractivity contribution in [1.82, 2.24) is 0 Å². The number of hydrogen-bond donors (Lipinski definition) is 0. The third kappa shape index (κ3) is 1.54. The molecule has 0 aromatic rings. The molecule has 12 heavy (non-hydrogen) atoms. The molecule has 2 nitrogen and oxygen atoms in total. The van der Waals surface area contributed by atoms with E-state index in [1.54, 1.807) is 0 Å². The van der Waals surface area contributed by atoms with Gasteiger partial charge in [0, 0.05) is 5.41 Å². The van der Waals surface area contributed by atoms with E-state index in [9.17, 15) is 0 Å². The quantitative estimate of drug-likeness (QED) is 0.516. The molecule has 0 saturated carbocycles. The van der Waals surface area contributed by atoms with Gasteiger partial charge in [0.25, 0.3) is 0 Å². The Labute approximate surface area is 73.5 Å². The predicted octanol–water partition coefficient (Wildman–Crippen LogP) is 2.11. The first-order valence-corrected chi connectivity index (χ1v) is 4.62. The highest BCUT2D eigenvalue weighted by atomic mass is 16.7. The number of ether oxygens (including phenoxy) is 2. The molecule has 1 spiro atoms. The van der Waals surface area contributed by atoms with Crippen molar-refractivity contribution in [3.8, 4) is 0 Å². The van der Waals surface area contributed by atoms with Crippen LogP contribution in [0, 0.1) is 5.41 Å². The molecule has 0 amide bonds. The van der Waals surface area contributed by atoms with Crippen LogP contribution in [0.25, 0.3) is 0 Å². The SMILES string of the molecule is CC1=CCCC2(COCOC2)C1. The molecule has 0 unspecified atom stereocenters. The van der Waals surface area contributed by atoms with E-state index in [2.05, 4.69) is 13.0 Å². The minimum atomic E-state index is 0.317. The first-order chi connectivity index (χ1) is 5.81. The van der Waals surface area contributed by atoms with Gasteiger partial charge in [0.05, 0.1) is 13.2 Å². The van der Waals surface area contributed by atoms with Crippen LogP contribution in [0.3, 0.4) is 0 Å². The highest BCUT2D eigenvalue weighted by Gasteiger charge is 2.34. The summed E-state index contributed by atoms with van der Waals surface area (Å²) in [6, 6.07) is 0. The molecule has 2 heteroatoms. The van der Waals surface area contributed by atoms with Crippen LogP contribution in [0.15, 0.2) is 11.6 Å². The molecule has 0 aromatic carbocycles. The molecule has 2 aliphatic rings. The van der Waals surface area contributed by atoms with Crippen molar-refractivity contribution in [2.75, 3.05) is 20.0 Å². The lowest BCUT2D eigenvalue weighted by molar-refractivity contribution is -0.167. The monoisotopic (exact) mass is 168 g/mol. The van der Waals surface area contributed by atoms with E-state index in [1.807, 2.05) is 0 Å². The summed E-state index contributed by atoms with van der Waals surface area (Å²) in [5, 5.41) is 0. The summed E-state index contributed by atoms with van der Waals surface area (Å²) in [5.74, 6) is 0. The minimum Gasteiger partial charge on any atom is -0.355 e. The van der Waals surface area contributed by atoms with Gasteiger partial charge in [-0.05, 0) is 26.2 Å². The molecule has 2 rings (SSSR count). The van der Waals surface area contributed by atoms with Crippen LogP contribution in [0.2, 0.25) is 0 Å². The summed E-state index contributed by atoms with van der Waals surface area (Å²) >= 11 is 0. The highest BCUT2D eigenvalue weighted by molar-refractivity contribution is 5.08. The molecule has 1 saturated heterocycles. The number of hydrogen-bond acceptors (Lipinski definition) is 2. The van der Waals surface area contributed by atoms with Gasteiger partial charge in [-0.3, -0.25) is 0 Å². The van der Waals surface area contributed by atoms with Gasteiger partial charge in [0.1, 0.15) is 6.79 Å². The van der Waals surface area contributed by atoms with Gasteiger partial charge in [0.15, 0.2) is 0 Å². The minimum absolute atomic E-state index is 0.317. The summed E-state index contributed by atoms with van der Waals surface area (Å²) in [6.07, 6.45) is 5.91. The fourth-order valence-electron chi connectivity index (χ4n) is 2.24. The molecule has 1 aliphatic heterocycles. The Morgan fingerprint density at radius 3 is 2.75 bits per heavy atom. The lowest BCUT2D eigenvalue weighted by Crippen LogP contribution is -2.38. The van der Waals surface area contributed by atoms with Gasteiger partial charge in [-0.2, -0.15) is 0 Å². The fraction of sp³-hybridized carbons (Fsp3) is 0.800. The van der Waals surface area contributed by atoms with Crippen molar-refractivity contribution < 1.29 is 9.47 Å². The number of allylic oxidation sites excluding steroid dienone is 2. The molecule has 0 aromatic heterocycles. The van der Waals surface area contributed by atoms with Crippen molar-refractivity contribution in [2.24, 2.45) is 5.41 Å². The van der Waals surface area contributed by atoms with E-state index in [-0.39, 0.29) is 0 Å². The van der Waals surface area contributed by atoms with Gasteiger partial charge < -0.3 is 9.47 Å². The zero-order valence-corrected chi connectivity index (χ0v) is 7.64. The first kappa shape index (κ1) is 8.27. The van der Waals surface area contributed by atoms with Crippen LogP contribution >= 0.6 is 0 Å². The van der Waals surface area contributed by atoms with Crippen LogP contribution in [0.1, 0.15) is 26.2 Å². The predicted molar refractivity (Wildman–Crippen MR) is 46.8 cm³/mol. The Morgan fingerprint density at radius 2 is 2.08 bits per heavy atom. The molecular formula is C10H16O2. The van der Waals surface area contributed by atoms with Crippen LogP contribution in [-0.2, 0) is 9.47 Å². The van der Waals surface area contributed by atoms with Crippen LogP contribution in [-0.4, -0.2) is 20.0 Å². The zero-order valence-electron chi connectivity index (χ0n) is 7.64. The molecule has 0 N–H and O–H groups in total. The van der Waals surface area contributed by atoms with Crippen molar-refractivity contribution in [3.05, 3.63) is 11.6 Å². The molecule has 0 atom stereocenters. The molecule has 0 bridgehead atoms. The van der Waals surface area contributed by atoms with E-state index in [0.29, 0.717) is 12.2 Å². The van der Waals surface area contributed by atoms with Crippen molar-refractivity contribution in [1.29, 1.82) is 0 Å². The van der Waals surface area contributed by atoms with Crippen molar-refractivity contribution in [2.45, 2.75) is 26.2 Å². The fourth-order valence-corrected chi connectivity index (χ4v) is 2.24. The average molecular weight is 168 g/mol. The molecule has 68 valence electrons. The maximum absolute atomic E-state index is 5.36. The third-order valence-electron chi connectivity index (χ3n) is 2.80. The summed E-state index contributed by atoms with van der Waals surface area (Å²) in [6.45, 7) is 4.47. The van der Waals surface area contributed by atoms with Crippen LogP contribution in [0.4, 0.5) is 0 Å². The smallest absolute Gasteiger partial charge is 0.146 e. The summed E-state index contributed by atoms with van der Waals surface area (Å²) in [5.41, 5.74) is 1.81. The van der Waals surface area contributed by atoms with Gasteiger partial charge in [-0.1, -0.05) is 11.6 Å². The molecule has 1 heterocycles. The molecule has 1 aliphatic carbocycles. The topological polar surface area (TPSA) is 18.5 Å². The maximum atomic E-state index is 5.36. The second-order valence-corrected chi connectivity index (χ2v) is 4.08. The Kier molecular flexibility index (Phi) is 2.20. The van der Waals surface area contributed by atoms with E-state index in [1.165, 1.54) is 18.4 Å². The highest BCUT2D eigenvalue weighted by Crippen LogP contribution is 2.38. The Bertz CT molecular complexity index is 190. The normalized spacial score (nSPS) is 28.6. The summed E-state index contributed by atoms with van der Waals surface area (Å²) in [7, 11) is 0. The zero-order chi connectivity index (χ0) is 8.44. The van der Waals surface area contributed by atoms with Crippen molar-refractivity contribution >= 4 is 0 Å². The summed E-state index contributed by atoms with van der Waals surface area (Å²) < 4.78 is 10.7. The van der Waals surface area contributed by atoms with E-state index in [4.69, 9.17) is 9.47 Å². The molecule has 0 radical (unpaired) electrons. The third-order valence-corrected chi connectivity index (χ3v) is 2.80. The van der Waals surface area contributed by atoms with Crippen molar-refractivity contribution in [3.63, 3.8) is 0 Å². The first-order valence-electron chi connectivity index (χ1n) is 4.62. The second-order valence-electron chi connectivity index (χ2n) is 4.08. The number of rotatable bonds is 0. The Morgan fingerprint density at radius 1 is 1.33 bits per heavy atom. The van der Waals surface area contributed by atoms with Gasteiger partial charge in [-0.25, -0.2) is 0 Å². The standard InChI is InChI=1S/C10H16O2/c1-9-3-2-4-10(5-9)6-11-8-12-7-10/h3H,2,4-8H2,1H3. The van der Waals surface area contributed by atoms with Gasteiger partial charge >= 0.3 is 0 Å². The lowest BCUT2D eigenvalue weighted by Gasteiger charge is -2.39. The maximum Gasteiger partial charge on any atom is 0.146 e. The van der Waals surface area contributed by atoms with Gasteiger partial charge in [-0.15, -0.1) is 0 Å². The van der Waals surface area contributed by atoms with Crippen LogP contribution in [0.5, 0.6) is 0 Å². The largest absolute Gasteiger partial charge is 0.355 e. The van der Waals surface area contributed by atoms with E-state index in [0.717, 1.165) is 19.6 Å². The lowest BCUT2D eigenvalue weighted by atomic mass is 9.75. The average Bonchev–Trinajstić information content (AvgIpc) is 2.05. The second kappa shape index (κ2) is 3.19. The Hall–Kier alpha value is -0.340. The van der Waals surface area contributed by atoms with E-state index < -0.39 is 0 Å².